The molecule has 0 heterocycles. The van der Waals surface area contributed by atoms with Crippen LogP contribution in [0.1, 0.15) is 18.5 Å². The Morgan fingerprint density at radius 1 is 0.905 bits per heavy atom. The van der Waals surface area contributed by atoms with Gasteiger partial charge < -0.3 is 0 Å². The molecule has 0 aliphatic heterocycles. The van der Waals surface area contributed by atoms with E-state index in [0.717, 1.165) is 5.56 Å². The lowest BCUT2D eigenvalue weighted by molar-refractivity contribution is 0.471. The normalized spacial score (nSPS) is 13.1. The summed E-state index contributed by atoms with van der Waals surface area (Å²) in [6.45, 7) is 1.96. The molecular weight excluding hydrogens is 297 g/mol. The predicted octanol–water partition coefficient (Wildman–Crippen LogP) is 3.69. The third-order valence-corrected chi connectivity index (χ3v) is 8.79. The van der Waals surface area contributed by atoms with Gasteiger partial charge in [-0.05, 0) is 24.6 Å². The minimum atomic E-state index is -3.45. The molecule has 0 saturated heterocycles. The van der Waals surface area contributed by atoms with Gasteiger partial charge in [0.15, 0.2) is 0 Å². The number of sulfonamides is 1. The van der Waals surface area contributed by atoms with Gasteiger partial charge in [-0.25, -0.2) is 8.42 Å². The summed E-state index contributed by atoms with van der Waals surface area (Å²) in [4.78, 5) is 0.369. The molecule has 0 bridgehead atoms. The van der Waals surface area contributed by atoms with Gasteiger partial charge in [0.1, 0.15) is 0 Å². The average Bonchev–Trinajstić information content (AvgIpc) is 2.48. The van der Waals surface area contributed by atoms with E-state index in [1.54, 1.807) is 27.6 Å². The highest BCUT2D eigenvalue weighted by Gasteiger charge is 2.34. The van der Waals surface area contributed by atoms with E-state index in [1.165, 1.54) is 0 Å². The number of hydrogen-bond donors (Lipinski definition) is 0. The van der Waals surface area contributed by atoms with E-state index in [4.69, 9.17) is 0 Å². The minimum absolute atomic E-state index is 0.150. The Bertz CT molecular complexity index is 672. The molecule has 1 atom stereocenters. The van der Waals surface area contributed by atoms with Gasteiger partial charge in [-0.1, -0.05) is 60.1 Å². The van der Waals surface area contributed by atoms with E-state index < -0.39 is 24.4 Å². The van der Waals surface area contributed by atoms with E-state index in [-0.39, 0.29) is 6.04 Å². The largest absolute Gasteiger partial charge is 0.387 e. The number of hydrogen-bond acceptors (Lipinski definition) is 2. The molecule has 3 nitrogen and oxygen atoms in total. The van der Waals surface area contributed by atoms with E-state index in [2.05, 4.69) is 0 Å². The highest BCUT2D eigenvalue weighted by molar-refractivity contribution is 7.90. The Balaban J connectivity index is 2.45. The van der Waals surface area contributed by atoms with Crippen LogP contribution in [0.25, 0.3) is 0 Å². The Hall–Kier alpha value is -1.12. The van der Waals surface area contributed by atoms with Crippen LogP contribution in [0, 0.1) is 0 Å². The van der Waals surface area contributed by atoms with Crippen molar-refractivity contribution in [3.63, 3.8) is 0 Å². The van der Waals surface area contributed by atoms with Crippen LogP contribution < -0.4 is 0 Å². The molecule has 1 unspecified atom stereocenters. The standard InChI is InChI=1S/C14H14NO2S.2CH3.Al/c1-12(13-8-4-2-5-9-13)15-18(16,17)14-10-6-3-7-11-14;;;/h2-12H,1H3;2*1H3;/q-1;;;+1. The van der Waals surface area contributed by atoms with Crippen molar-refractivity contribution in [2.75, 3.05) is 0 Å². The zero-order chi connectivity index (χ0) is 15.5. The maximum atomic E-state index is 12.9. The van der Waals surface area contributed by atoms with Crippen LogP contribution in [-0.4, -0.2) is 26.1 Å². The maximum absolute atomic E-state index is 12.9. The first-order valence-corrected chi connectivity index (χ1v) is 11.3. The third kappa shape index (κ3) is 3.56. The molecular formula is C16H20AlNO2S. The molecule has 110 valence electrons. The number of benzene rings is 2. The van der Waals surface area contributed by atoms with E-state index in [9.17, 15) is 8.42 Å². The average molecular weight is 317 g/mol. The molecule has 21 heavy (non-hydrogen) atoms. The molecule has 0 aliphatic carbocycles. The summed E-state index contributed by atoms with van der Waals surface area (Å²) < 4.78 is 27.6. The molecule has 5 heteroatoms. The summed E-state index contributed by atoms with van der Waals surface area (Å²) in [7, 11) is -3.45. The fourth-order valence-electron chi connectivity index (χ4n) is 2.53. The molecule has 0 aliphatic rings. The van der Waals surface area contributed by atoms with Crippen molar-refractivity contribution >= 4 is 24.4 Å². The van der Waals surface area contributed by atoms with Crippen LogP contribution >= 0.6 is 0 Å². The van der Waals surface area contributed by atoms with Gasteiger partial charge in [0.2, 0.25) is 10.0 Å². The first kappa shape index (κ1) is 16.3. The van der Waals surface area contributed by atoms with Crippen LogP contribution in [0.2, 0.25) is 11.6 Å². The van der Waals surface area contributed by atoms with Crippen molar-refractivity contribution in [3.8, 4) is 0 Å². The Kier molecular flexibility index (Phi) is 5.23. The van der Waals surface area contributed by atoms with Gasteiger partial charge in [0.25, 0.3) is 0 Å². The number of rotatable bonds is 5. The molecule has 2 rings (SSSR count). The summed E-state index contributed by atoms with van der Waals surface area (Å²) in [6.07, 6.45) is 0. The first-order chi connectivity index (χ1) is 9.94. The molecule has 0 aromatic heterocycles. The van der Waals surface area contributed by atoms with Gasteiger partial charge in [0, 0.05) is 6.04 Å². The second-order valence-electron chi connectivity index (χ2n) is 5.33. The summed E-state index contributed by atoms with van der Waals surface area (Å²) in [5.74, 6) is 4.08. The molecule has 0 N–H and O–H groups in total. The summed E-state index contributed by atoms with van der Waals surface area (Å²) >= 11 is -1.56. The van der Waals surface area contributed by atoms with Crippen molar-refractivity contribution in [1.29, 1.82) is 0 Å². The lowest BCUT2D eigenvalue weighted by Gasteiger charge is -2.31. The molecule has 0 radical (unpaired) electrons. The van der Waals surface area contributed by atoms with Crippen LogP contribution in [-0.2, 0) is 10.0 Å². The zero-order valence-electron chi connectivity index (χ0n) is 12.6. The highest BCUT2D eigenvalue weighted by atomic mass is 32.2. The number of nitrogens with zero attached hydrogens (tertiary/aromatic N) is 1. The minimum Gasteiger partial charge on any atom is -0.275 e. The summed E-state index contributed by atoms with van der Waals surface area (Å²) in [5.41, 5.74) is 1.03. The summed E-state index contributed by atoms with van der Waals surface area (Å²) in [6, 6.07) is 18.3. The lowest BCUT2D eigenvalue weighted by Crippen LogP contribution is -2.41. The molecule has 2 aromatic carbocycles. The smallest absolute Gasteiger partial charge is 0.275 e. The van der Waals surface area contributed by atoms with Gasteiger partial charge in [-0.15, -0.1) is 0 Å². The van der Waals surface area contributed by atoms with Crippen molar-refractivity contribution in [3.05, 3.63) is 66.2 Å². The van der Waals surface area contributed by atoms with Crippen LogP contribution in [0.4, 0.5) is 0 Å². The molecule has 2 aromatic rings. The van der Waals surface area contributed by atoms with E-state index in [1.807, 2.05) is 54.9 Å². The van der Waals surface area contributed by atoms with E-state index in [0.29, 0.717) is 4.90 Å². The topological polar surface area (TPSA) is 37.4 Å². The van der Waals surface area contributed by atoms with Crippen LogP contribution in [0.3, 0.4) is 0 Å². The van der Waals surface area contributed by atoms with Crippen LogP contribution in [0.15, 0.2) is 65.6 Å². The Morgan fingerprint density at radius 3 is 1.86 bits per heavy atom. The zero-order valence-corrected chi connectivity index (χ0v) is 14.6. The molecule has 0 amide bonds. The molecule has 0 spiro atoms. The predicted molar refractivity (Wildman–Crippen MR) is 87.8 cm³/mol. The third-order valence-electron chi connectivity index (χ3n) is 3.49. The van der Waals surface area contributed by atoms with Gasteiger partial charge >= 0.3 is 14.4 Å². The molecule has 0 fully saturated rings. The van der Waals surface area contributed by atoms with Gasteiger partial charge in [-0.2, -0.15) is 0 Å². The Labute approximate surface area is 131 Å². The first-order valence-electron chi connectivity index (χ1n) is 7.08. The summed E-state index contributed by atoms with van der Waals surface area (Å²) in [5, 5.41) is 0. The van der Waals surface area contributed by atoms with Crippen LogP contribution in [0.5, 0.6) is 0 Å². The monoisotopic (exact) mass is 317 g/mol. The Morgan fingerprint density at radius 2 is 1.38 bits per heavy atom. The fourth-order valence-corrected chi connectivity index (χ4v) is 7.46. The van der Waals surface area contributed by atoms with Gasteiger partial charge in [-0.3, -0.25) is 3.29 Å². The fraction of sp³-hybridized carbons (Fsp3) is 0.250. The second-order valence-corrected chi connectivity index (χ2v) is 10.3. The maximum Gasteiger partial charge on any atom is 0.387 e. The van der Waals surface area contributed by atoms with Crippen molar-refractivity contribution in [2.24, 2.45) is 0 Å². The van der Waals surface area contributed by atoms with E-state index >= 15 is 0 Å². The SMILES string of the molecule is CC(c1ccccc1)[N]([Al]([CH3])[CH3])S(=O)(=O)c1ccccc1. The highest BCUT2D eigenvalue weighted by Crippen LogP contribution is 2.28. The molecule has 0 saturated carbocycles. The lowest BCUT2D eigenvalue weighted by atomic mass is 10.1. The van der Waals surface area contributed by atoms with Crippen molar-refractivity contribution < 1.29 is 8.42 Å². The quantitative estimate of drug-likeness (QED) is 0.789. The van der Waals surface area contributed by atoms with Gasteiger partial charge in [0.05, 0.1) is 4.90 Å². The van der Waals surface area contributed by atoms with Crippen molar-refractivity contribution in [1.82, 2.24) is 3.29 Å². The second kappa shape index (κ2) is 6.76. The van der Waals surface area contributed by atoms with Crippen molar-refractivity contribution in [2.45, 2.75) is 29.4 Å².